The van der Waals surface area contributed by atoms with Crippen molar-refractivity contribution in [3.05, 3.63) is 52.9 Å². The summed E-state index contributed by atoms with van der Waals surface area (Å²) in [5.74, 6) is -0.496. The quantitative estimate of drug-likeness (QED) is 0.791. The van der Waals surface area contributed by atoms with Gasteiger partial charge < -0.3 is 5.32 Å². The molecule has 0 saturated carbocycles. The van der Waals surface area contributed by atoms with Gasteiger partial charge in [0.15, 0.2) is 0 Å². The minimum absolute atomic E-state index is 0.169. The molecule has 1 heterocycles. The van der Waals surface area contributed by atoms with Crippen LogP contribution in [-0.4, -0.2) is 20.4 Å². The fraction of sp³-hybridized carbons (Fsp3) is 0.353. The Kier molecular flexibility index (Phi) is 6.15. The molecule has 0 radical (unpaired) electrons. The molecule has 0 bridgehead atoms. The first kappa shape index (κ1) is 18.6. The molecule has 2 rings (SSSR count). The van der Waals surface area contributed by atoms with Crippen LogP contribution in [-0.2, 0) is 21.4 Å². The summed E-state index contributed by atoms with van der Waals surface area (Å²) in [6, 6.07) is 10.2. The van der Waals surface area contributed by atoms with Gasteiger partial charge in [-0.05, 0) is 29.9 Å². The number of nitrogens with one attached hydrogen (secondary N) is 2. The van der Waals surface area contributed by atoms with Crippen LogP contribution in [0.1, 0.15) is 25.0 Å². The Morgan fingerprint density at radius 3 is 2.54 bits per heavy atom. The van der Waals surface area contributed by atoms with Gasteiger partial charge in [-0.25, -0.2) is 8.42 Å². The highest BCUT2D eigenvalue weighted by Gasteiger charge is 2.28. The van der Waals surface area contributed by atoms with Crippen LogP contribution in [0, 0.1) is 12.8 Å². The number of hydrogen-bond donors (Lipinski definition) is 2. The maximum absolute atomic E-state index is 12.5. The molecule has 1 atom stereocenters. The zero-order chi connectivity index (χ0) is 17.7. The lowest BCUT2D eigenvalue weighted by Crippen LogP contribution is -2.49. The normalized spacial score (nSPS) is 13.0. The number of carbonyl (C=O) groups is 1. The Labute approximate surface area is 147 Å². The SMILES string of the molecule is Cc1cccc(CNC(=O)[C@H](NS(=O)(=O)c2cccs2)C(C)C)c1. The number of thiophene rings is 1. The van der Waals surface area contributed by atoms with Crippen molar-refractivity contribution in [1.82, 2.24) is 10.0 Å². The van der Waals surface area contributed by atoms with Gasteiger partial charge in [0.2, 0.25) is 5.91 Å². The first-order valence-corrected chi connectivity index (χ1v) is 10.0. The number of aryl methyl sites for hydroxylation is 1. The number of benzene rings is 1. The van der Waals surface area contributed by atoms with Crippen LogP contribution in [0.15, 0.2) is 46.0 Å². The molecule has 0 spiro atoms. The topological polar surface area (TPSA) is 75.3 Å². The van der Waals surface area contributed by atoms with Crippen molar-refractivity contribution in [3.63, 3.8) is 0 Å². The minimum Gasteiger partial charge on any atom is -0.351 e. The number of sulfonamides is 1. The van der Waals surface area contributed by atoms with Crippen molar-refractivity contribution in [3.8, 4) is 0 Å². The molecule has 0 aliphatic heterocycles. The molecule has 5 nitrogen and oxygen atoms in total. The molecule has 1 amide bonds. The average Bonchev–Trinajstić information content (AvgIpc) is 3.05. The van der Waals surface area contributed by atoms with Gasteiger partial charge in [0.25, 0.3) is 10.0 Å². The lowest BCUT2D eigenvalue weighted by Gasteiger charge is -2.21. The number of rotatable bonds is 7. The van der Waals surface area contributed by atoms with E-state index in [-0.39, 0.29) is 16.0 Å². The molecule has 0 fully saturated rings. The Morgan fingerprint density at radius 2 is 1.96 bits per heavy atom. The fourth-order valence-electron chi connectivity index (χ4n) is 2.26. The summed E-state index contributed by atoms with van der Waals surface area (Å²) >= 11 is 1.12. The third-order valence-electron chi connectivity index (χ3n) is 3.54. The summed E-state index contributed by atoms with van der Waals surface area (Å²) in [6.45, 7) is 5.98. The summed E-state index contributed by atoms with van der Waals surface area (Å²) in [6.07, 6.45) is 0. The summed E-state index contributed by atoms with van der Waals surface area (Å²) in [5, 5.41) is 4.50. The second-order valence-electron chi connectivity index (χ2n) is 5.98. The lowest BCUT2D eigenvalue weighted by atomic mass is 10.0. The van der Waals surface area contributed by atoms with E-state index in [0.29, 0.717) is 6.54 Å². The van der Waals surface area contributed by atoms with Crippen molar-refractivity contribution in [2.45, 2.75) is 37.6 Å². The van der Waals surface area contributed by atoms with Gasteiger partial charge >= 0.3 is 0 Å². The number of carbonyl (C=O) groups excluding carboxylic acids is 1. The first-order valence-electron chi connectivity index (χ1n) is 7.68. The second-order valence-corrected chi connectivity index (χ2v) is 8.87. The van der Waals surface area contributed by atoms with Crippen LogP contribution >= 0.6 is 11.3 Å². The minimum atomic E-state index is -3.69. The van der Waals surface area contributed by atoms with Gasteiger partial charge in [0.05, 0.1) is 0 Å². The van der Waals surface area contributed by atoms with E-state index in [1.54, 1.807) is 11.4 Å². The smallest absolute Gasteiger partial charge is 0.250 e. The third-order valence-corrected chi connectivity index (χ3v) is 6.38. The molecule has 1 aromatic carbocycles. The molecule has 7 heteroatoms. The van der Waals surface area contributed by atoms with E-state index in [0.717, 1.165) is 22.5 Å². The van der Waals surface area contributed by atoms with Crippen LogP contribution in [0.4, 0.5) is 0 Å². The van der Waals surface area contributed by atoms with E-state index >= 15 is 0 Å². The fourth-order valence-corrected chi connectivity index (χ4v) is 4.61. The van der Waals surface area contributed by atoms with Crippen molar-refractivity contribution in [2.24, 2.45) is 5.92 Å². The Hall–Kier alpha value is -1.70. The maximum atomic E-state index is 12.5. The van der Waals surface area contributed by atoms with Crippen molar-refractivity contribution >= 4 is 27.3 Å². The molecule has 130 valence electrons. The molecule has 1 aromatic heterocycles. The van der Waals surface area contributed by atoms with E-state index in [2.05, 4.69) is 10.0 Å². The maximum Gasteiger partial charge on any atom is 0.250 e. The third kappa shape index (κ3) is 4.90. The Bertz CT molecular complexity index is 784. The molecular formula is C17H22N2O3S2. The van der Waals surface area contributed by atoms with E-state index in [1.165, 1.54) is 6.07 Å². The van der Waals surface area contributed by atoms with Gasteiger partial charge in [-0.2, -0.15) is 4.72 Å². The van der Waals surface area contributed by atoms with Crippen LogP contribution in [0.3, 0.4) is 0 Å². The van der Waals surface area contributed by atoms with E-state index < -0.39 is 16.1 Å². The summed E-state index contributed by atoms with van der Waals surface area (Å²) in [5.41, 5.74) is 2.09. The highest BCUT2D eigenvalue weighted by atomic mass is 32.2. The van der Waals surface area contributed by atoms with Gasteiger partial charge in [-0.1, -0.05) is 49.7 Å². The Morgan fingerprint density at radius 1 is 1.21 bits per heavy atom. The number of amides is 1. The van der Waals surface area contributed by atoms with Crippen LogP contribution in [0.5, 0.6) is 0 Å². The highest BCUT2D eigenvalue weighted by molar-refractivity contribution is 7.91. The van der Waals surface area contributed by atoms with Crippen molar-refractivity contribution in [2.75, 3.05) is 0 Å². The Balaban J connectivity index is 2.06. The van der Waals surface area contributed by atoms with Gasteiger partial charge in [-0.15, -0.1) is 11.3 Å². The van der Waals surface area contributed by atoms with Gasteiger partial charge in [-0.3, -0.25) is 4.79 Å². The summed E-state index contributed by atoms with van der Waals surface area (Å²) in [7, 11) is -3.69. The predicted octanol–water partition coefficient (Wildman–Crippen LogP) is 2.68. The van der Waals surface area contributed by atoms with Crippen molar-refractivity contribution in [1.29, 1.82) is 0 Å². The molecular weight excluding hydrogens is 344 g/mol. The average molecular weight is 367 g/mol. The second kappa shape index (κ2) is 7.92. The van der Waals surface area contributed by atoms with Gasteiger partial charge in [0.1, 0.15) is 10.3 Å². The molecule has 0 aliphatic carbocycles. The first-order chi connectivity index (χ1) is 11.3. The summed E-state index contributed by atoms with van der Waals surface area (Å²) in [4.78, 5) is 12.5. The predicted molar refractivity (Wildman–Crippen MR) is 96.3 cm³/mol. The van der Waals surface area contributed by atoms with Crippen molar-refractivity contribution < 1.29 is 13.2 Å². The summed E-state index contributed by atoms with van der Waals surface area (Å²) < 4.78 is 27.4. The zero-order valence-electron chi connectivity index (χ0n) is 13.9. The molecule has 0 aliphatic rings. The molecule has 24 heavy (non-hydrogen) atoms. The largest absolute Gasteiger partial charge is 0.351 e. The monoisotopic (exact) mass is 366 g/mol. The molecule has 0 saturated heterocycles. The van der Waals surface area contributed by atoms with Crippen LogP contribution in [0.25, 0.3) is 0 Å². The molecule has 2 N–H and O–H groups in total. The standard InChI is InChI=1S/C17H22N2O3S2/c1-12(2)16(19-24(21,22)15-8-5-9-23-15)17(20)18-11-14-7-4-6-13(3)10-14/h4-10,12,16,19H,11H2,1-3H3,(H,18,20)/t16-/m1/s1. The lowest BCUT2D eigenvalue weighted by molar-refractivity contribution is -0.123. The van der Waals surface area contributed by atoms with Gasteiger partial charge in [0, 0.05) is 6.54 Å². The molecule has 0 unspecified atom stereocenters. The van der Waals surface area contributed by atoms with E-state index in [4.69, 9.17) is 0 Å². The van der Waals surface area contributed by atoms with E-state index in [1.807, 2.05) is 45.0 Å². The number of hydrogen-bond acceptors (Lipinski definition) is 4. The van der Waals surface area contributed by atoms with Crippen LogP contribution < -0.4 is 10.0 Å². The highest BCUT2D eigenvalue weighted by Crippen LogP contribution is 2.17. The molecule has 2 aromatic rings. The zero-order valence-corrected chi connectivity index (χ0v) is 15.6. The van der Waals surface area contributed by atoms with E-state index in [9.17, 15) is 13.2 Å². The van der Waals surface area contributed by atoms with Crippen LogP contribution in [0.2, 0.25) is 0 Å².